The molecule has 0 aromatic heterocycles. The van der Waals surface area contributed by atoms with Crippen molar-refractivity contribution < 1.29 is 23.9 Å². The van der Waals surface area contributed by atoms with Crippen molar-refractivity contribution in [2.75, 3.05) is 23.9 Å². The fourth-order valence-corrected chi connectivity index (χ4v) is 4.31. The standard InChI is InChI=1S/C28H24ClN3O5S/c1-16-9-10-19(11-17(16)2)30-24(33)15-37-25-22(29)13-18(14-23(25)36-3)12-21-26(34)31-28(38)32(27(21)35)20-7-5-4-6-8-20/h4-14H,15H2,1-3H3,(H,30,33)(H,31,34,38)/b21-12-. The van der Waals surface area contributed by atoms with Gasteiger partial charge in [-0.15, -0.1) is 0 Å². The number of hydrogen-bond donors (Lipinski definition) is 2. The second-order valence-electron chi connectivity index (χ2n) is 8.46. The van der Waals surface area contributed by atoms with Crippen molar-refractivity contribution in [2.24, 2.45) is 0 Å². The third kappa shape index (κ3) is 5.85. The zero-order valence-electron chi connectivity index (χ0n) is 20.8. The highest BCUT2D eigenvalue weighted by molar-refractivity contribution is 7.80. The quantitative estimate of drug-likeness (QED) is 0.249. The van der Waals surface area contributed by atoms with E-state index in [1.165, 1.54) is 24.2 Å². The minimum absolute atomic E-state index is 0.0122. The van der Waals surface area contributed by atoms with Gasteiger partial charge in [0.25, 0.3) is 17.7 Å². The van der Waals surface area contributed by atoms with Gasteiger partial charge in [0.05, 0.1) is 17.8 Å². The van der Waals surface area contributed by atoms with Gasteiger partial charge < -0.3 is 14.8 Å². The highest BCUT2D eigenvalue weighted by Crippen LogP contribution is 2.37. The number of anilines is 2. The number of thiocarbonyl (C=S) groups is 1. The van der Waals surface area contributed by atoms with E-state index in [1.807, 2.05) is 32.0 Å². The number of nitrogens with one attached hydrogen (secondary N) is 2. The summed E-state index contributed by atoms with van der Waals surface area (Å²) in [6, 6.07) is 17.4. The van der Waals surface area contributed by atoms with Gasteiger partial charge in [-0.2, -0.15) is 0 Å². The first-order valence-corrected chi connectivity index (χ1v) is 12.3. The molecule has 3 amide bonds. The minimum Gasteiger partial charge on any atom is -0.493 e. The molecule has 1 aliphatic rings. The predicted molar refractivity (Wildman–Crippen MR) is 151 cm³/mol. The summed E-state index contributed by atoms with van der Waals surface area (Å²) in [5, 5.41) is 5.44. The van der Waals surface area contributed by atoms with E-state index in [-0.39, 0.29) is 39.7 Å². The van der Waals surface area contributed by atoms with Crippen molar-refractivity contribution in [3.05, 3.63) is 87.9 Å². The van der Waals surface area contributed by atoms with Gasteiger partial charge in [0.2, 0.25) is 0 Å². The Balaban J connectivity index is 1.54. The van der Waals surface area contributed by atoms with E-state index in [1.54, 1.807) is 36.4 Å². The van der Waals surface area contributed by atoms with Gasteiger partial charge in [-0.3, -0.25) is 24.6 Å². The van der Waals surface area contributed by atoms with Crippen molar-refractivity contribution in [1.82, 2.24) is 5.32 Å². The van der Waals surface area contributed by atoms with E-state index in [2.05, 4.69) is 10.6 Å². The van der Waals surface area contributed by atoms with E-state index < -0.39 is 11.8 Å². The molecule has 0 radical (unpaired) electrons. The molecule has 0 unspecified atom stereocenters. The molecule has 0 atom stereocenters. The molecule has 0 aliphatic carbocycles. The van der Waals surface area contributed by atoms with Crippen LogP contribution in [0.15, 0.2) is 66.2 Å². The van der Waals surface area contributed by atoms with Crippen LogP contribution in [-0.2, 0) is 14.4 Å². The third-order valence-electron chi connectivity index (χ3n) is 5.82. The summed E-state index contributed by atoms with van der Waals surface area (Å²) in [4.78, 5) is 39.5. The summed E-state index contributed by atoms with van der Waals surface area (Å²) in [7, 11) is 1.42. The minimum atomic E-state index is -0.634. The number of halogens is 1. The Kier molecular flexibility index (Phi) is 8.09. The van der Waals surface area contributed by atoms with Crippen LogP contribution in [0.3, 0.4) is 0 Å². The number of carbonyl (C=O) groups is 3. The van der Waals surface area contributed by atoms with Gasteiger partial charge in [0, 0.05) is 5.69 Å². The van der Waals surface area contributed by atoms with Crippen LogP contribution in [0.4, 0.5) is 11.4 Å². The number of rotatable bonds is 7. The SMILES string of the molecule is COc1cc(/C=C2/C(=O)NC(=S)N(c3ccccc3)C2=O)cc(Cl)c1OCC(=O)Nc1ccc(C)c(C)c1. The highest BCUT2D eigenvalue weighted by atomic mass is 35.5. The normalized spacial score (nSPS) is 14.4. The zero-order chi connectivity index (χ0) is 27.4. The van der Waals surface area contributed by atoms with Gasteiger partial charge in [-0.25, -0.2) is 0 Å². The highest BCUT2D eigenvalue weighted by Gasteiger charge is 2.34. The summed E-state index contributed by atoms with van der Waals surface area (Å²) < 4.78 is 11.1. The molecule has 4 rings (SSSR count). The number of para-hydroxylation sites is 1. The molecule has 8 nitrogen and oxygen atoms in total. The average molecular weight is 550 g/mol. The van der Waals surface area contributed by atoms with Crippen LogP contribution in [0.1, 0.15) is 16.7 Å². The Hall–Kier alpha value is -4.21. The Morgan fingerprint density at radius 1 is 1.08 bits per heavy atom. The van der Waals surface area contributed by atoms with Gasteiger partial charge in [0.1, 0.15) is 5.57 Å². The van der Waals surface area contributed by atoms with Crippen molar-refractivity contribution in [3.8, 4) is 11.5 Å². The Morgan fingerprint density at radius 3 is 2.50 bits per heavy atom. The molecule has 2 N–H and O–H groups in total. The van der Waals surface area contributed by atoms with E-state index in [0.717, 1.165) is 11.1 Å². The molecule has 38 heavy (non-hydrogen) atoms. The molecule has 1 saturated heterocycles. The zero-order valence-corrected chi connectivity index (χ0v) is 22.4. The van der Waals surface area contributed by atoms with Crippen molar-refractivity contribution in [3.63, 3.8) is 0 Å². The van der Waals surface area contributed by atoms with Crippen LogP contribution in [-0.4, -0.2) is 36.6 Å². The number of ether oxygens (including phenoxy) is 2. The Labute approximate surface area is 230 Å². The van der Waals surface area contributed by atoms with Crippen LogP contribution in [0.25, 0.3) is 6.08 Å². The summed E-state index contributed by atoms with van der Waals surface area (Å²) in [6.45, 7) is 3.64. The molecule has 3 aromatic rings. The van der Waals surface area contributed by atoms with Gasteiger partial charge in [-0.05, 0) is 85.2 Å². The molecule has 1 aliphatic heterocycles. The molecular weight excluding hydrogens is 526 g/mol. The first kappa shape index (κ1) is 26.8. The van der Waals surface area contributed by atoms with Crippen LogP contribution in [0.5, 0.6) is 11.5 Å². The lowest BCUT2D eigenvalue weighted by atomic mass is 10.1. The molecule has 0 spiro atoms. The number of amides is 3. The molecule has 0 bridgehead atoms. The second-order valence-corrected chi connectivity index (χ2v) is 9.26. The van der Waals surface area contributed by atoms with Crippen LogP contribution in [0.2, 0.25) is 5.02 Å². The van der Waals surface area contributed by atoms with Crippen LogP contribution >= 0.6 is 23.8 Å². The van der Waals surface area contributed by atoms with Crippen molar-refractivity contribution in [1.29, 1.82) is 0 Å². The Morgan fingerprint density at radius 2 is 1.82 bits per heavy atom. The maximum atomic E-state index is 13.2. The van der Waals surface area contributed by atoms with Crippen molar-refractivity contribution in [2.45, 2.75) is 13.8 Å². The van der Waals surface area contributed by atoms with Crippen LogP contribution in [0, 0.1) is 13.8 Å². The lowest BCUT2D eigenvalue weighted by molar-refractivity contribution is -0.122. The third-order valence-corrected chi connectivity index (χ3v) is 6.38. The maximum Gasteiger partial charge on any atom is 0.270 e. The van der Waals surface area contributed by atoms with E-state index in [4.69, 9.17) is 33.3 Å². The number of nitrogens with zero attached hydrogens (tertiary/aromatic N) is 1. The molecule has 3 aromatic carbocycles. The molecule has 0 saturated carbocycles. The summed E-state index contributed by atoms with van der Waals surface area (Å²) in [5.74, 6) is -1.21. The monoisotopic (exact) mass is 549 g/mol. The average Bonchev–Trinajstić information content (AvgIpc) is 2.88. The fourth-order valence-electron chi connectivity index (χ4n) is 3.75. The molecule has 194 valence electrons. The summed E-state index contributed by atoms with van der Waals surface area (Å²) in [6.07, 6.45) is 1.39. The van der Waals surface area contributed by atoms with E-state index >= 15 is 0 Å². The first-order valence-electron chi connectivity index (χ1n) is 11.5. The lowest BCUT2D eigenvalue weighted by Crippen LogP contribution is -2.54. The first-order chi connectivity index (χ1) is 18.2. The topological polar surface area (TPSA) is 97.0 Å². The number of aryl methyl sites for hydroxylation is 2. The Bertz CT molecular complexity index is 1470. The molecular formula is C28H24ClN3O5S. The van der Waals surface area contributed by atoms with E-state index in [0.29, 0.717) is 16.9 Å². The largest absolute Gasteiger partial charge is 0.493 e. The second kappa shape index (κ2) is 11.5. The number of hydrogen-bond acceptors (Lipinski definition) is 6. The number of methoxy groups -OCH3 is 1. The summed E-state index contributed by atoms with van der Waals surface area (Å²) in [5.41, 5.74) is 3.62. The molecule has 1 fully saturated rings. The predicted octanol–water partition coefficient (Wildman–Crippen LogP) is 4.81. The summed E-state index contributed by atoms with van der Waals surface area (Å²) >= 11 is 11.7. The van der Waals surface area contributed by atoms with Crippen molar-refractivity contribution >= 4 is 64.1 Å². The van der Waals surface area contributed by atoms with Gasteiger partial charge in [0.15, 0.2) is 23.2 Å². The molecule has 1 heterocycles. The maximum absolute atomic E-state index is 13.2. The smallest absolute Gasteiger partial charge is 0.270 e. The van der Waals surface area contributed by atoms with Gasteiger partial charge >= 0.3 is 0 Å². The van der Waals surface area contributed by atoms with Gasteiger partial charge in [-0.1, -0.05) is 35.9 Å². The fraction of sp³-hybridized carbons (Fsp3) is 0.143. The number of carbonyl (C=O) groups excluding carboxylic acids is 3. The van der Waals surface area contributed by atoms with Crippen LogP contribution < -0.4 is 25.0 Å². The van der Waals surface area contributed by atoms with E-state index in [9.17, 15) is 14.4 Å². The molecule has 10 heteroatoms. The lowest BCUT2D eigenvalue weighted by Gasteiger charge is -2.28. The number of benzene rings is 3.